The van der Waals surface area contributed by atoms with Crippen molar-refractivity contribution in [2.75, 3.05) is 24.7 Å². The van der Waals surface area contributed by atoms with Crippen molar-refractivity contribution in [3.8, 4) is 0 Å². The smallest absolute Gasteiger partial charge is 0.316 e. The van der Waals surface area contributed by atoms with E-state index < -0.39 is 47.7 Å². The van der Waals surface area contributed by atoms with Gasteiger partial charge in [-0.2, -0.15) is 0 Å². The highest BCUT2D eigenvalue weighted by Crippen LogP contribution is 2.37. The number of carbonyl (C=O) groups is 1. The Morgan fingerprint density at radius 1 is 0.952 bits per heavy atom. The number of rotatable bonds is 16. The van der Waals surface area contributed by atoms with Crippen molar-refractivity contribution in [3.63, 3.8) is 0 Å². The standard InChI is InChI=1S/C33H52O7SSi/c1-31(2,3)42(7,8)40-20-21-41(37,38)25-32(4,5)18-13-19-33(6,28-17-12-16-27(22-28)29(35)23-34)30(36)39-24-26-14-10-9-11-15-26/h9-12,14-17,22,29,34-35H,13,18-21,23-25H2,1-8H3/t29-,33+/m0/s1. The van der Waals surface area contributed by atoms with Gasteiger partial charge in [0.1, 0.15) is 12.7 Å². The fourth-order valence-corrected chi connectivity index (χ4v) is 7.75. The highest BCUT2D eigenvalue weighted by Gasteiger charge is 2.39. The molecule has 2 aromatic rings. The Kier molecular flexibility index (Phi) is 12.6. The fourth-order valence-electron chi connectivity index (χ4n) is 4.74. The Labute approximate surface area is 254 Å². The van der Waals surface area contributed by atoms with Crippen molar-refractivity contribution in [1.29, 1.82) is 0 Å². The molecule has 0 spiro atoms. The first-order valence-electron chi connectivity index (χ1n) is 14.8. The Morgan fingerprint density at radius 2 is 1.60 bits per heavy atom. The lowest BCUT2D eigenvalue weighted by atomic mass is 9.75. The summed E-state index contributed by atoms with van der Waals surface area (Å²) in [7, 11) is -5.37. The second kappa shape index (κ2) is 14.6. The summed E-state index contributed by atoms with van der Waals surface area (Å²) in [5.41, 5.74) is 0.537. The molecular formula is C33H52O7SSi. The summed E-state index contributed by atoms with van der Waals surface area (Å²) in [6.07, 6.45) is 0.555. The summed E-state index contributed by atoms with van der Waals surface area (Å²) in [4.78, 5) is 13.6. The predicted molar refractivity (Wildman–Crippen MR) is 172 cm³/mol. The number of aliphatic hydroxyl groups excluding tert-OH is 2. The molecule has 2 N–H and O–H groups in total. The van der Waals surface area contributed by atoms with E-state index in [1.165, 1.54) is 0 Å². The average Bonchev–Trinajstić information content (AvgIpc) is 2.90. The zero-order valence-corrected chi connectivity index (χ0v) is 28.6. The largest absolute Gasteiger partial charge is 0.460 e. The lowest BCUT2D eigenvalue weighted by Crippen LogP contribution is -2.42. The third kappa shape index (κ3) is 10.6. The molecule has 0 aliphatic carbocycles. The van der Waals surface area contributed by atoms with Crippen LogP contribution in [0.3, 0.4) is 0 Å². The summed E-state index contributed by atoms with van der Waals surface area (Å²) in [5, 5.41) is 19.7. The summed E-state index contributed by atoms with van der Waals surface area (Å²) in [5.74, 6) is -0.365. The molecule has 0 amide bonds. The first kappa shape index (κ1) is 36.1. The molecule has 42 heavy (non-hydrogen) atoms. The minimum absolute atomic E-state index is 0.00750. The second-order valence-electron chi connectivity index (χ2n) is 13.9. The van der Waals surface area contributed by atoms with Gasteiger partial charge in [0.2, 0.25) is 0 Å². The van der Waals surface area contributed by atoms with Crippen LogP contribution in [0.1, 0.15) is 83.6 Å². The number of benzene rings is 2. The zero-order chi connectivity index (χ0) is 31.8. The van der Waals surface area contributed by atoms with E-state index in [2.05, 4.69) is 33.9 Å². The summed E-state index contributed by atoms with van der Waals surface area (Å²) in [6.45, 7) is 16.3. The lowest BCUT2D eigenvalue weighted by molar-refractivity contribution is -0.151. The van der Waals surface area contributed by atoms with Crippen molar-refractivity contribution in [3.05, 3.63) is 71.3 Å². The molecule has 0 heterocycles. The van der Waals surface area contributed by atoms with Crippen LogP contribution >= 0.6 is 0 Å². The number of hydrogen-bond donors (Lipinski definition) is 2. The molecule has 0 radical (unpaired) electrons. The predicted octanol–water partition coefficient (Wildman–Crippen LogP) is 6.35. The van der Waals surface area contributed by atoms with E-state index in [1.54, 1.807) is 18.2 Å². The maximum absolute atomic E-state index is 13.6. The molecule has 0 saturated carbocycles. The first-order valence-corrected chi connectivity index (χ1v) is 19.5. The number of ether oxygens (including phenoxy) is 1. The van der Waals surface area contributed by atoms with Crippen LogP contribution in [-0.2, 0) is 35.8 Å². The van der Waals surface area contributed by atoms with Gasteiger partial charge in [-0.3, -0.25) is 4.79 Å². The van der Waals surface area contributed by atoms with Crippen LogP contribution in [0, 0.1) is 5.41 Å². The van der Waals surface area contributed by atoms with E-state index >= 15 is 0 Å². The van der Waals surface area contributed by atoms with E-state index in [0.29, 0.717) is 30.4 Å². The van der Waals surface area contributed by atoms with Crippen LogP contribution in [0.25, 0.3) is 0 Å². The normalized spacial score (nSPS) is 15.2. The molecule has 0 aliphatic rings. The molecular weight excluding hydrogens is 569 g/mol. The number of carbonyl (C=O) groups excluding carboxylic acids is 1. The molecule has 0 aromatic heterocycles. The molecule has 0 unspecified atom stereocenters. The number of sulfone groups is 1. The van der Waals surface area contributed by atoms with Gasteiger partial charge in [-0.25, -0.2) is 8.42 Å². The quantitative estimate of drug-likeness (QED) is 0.166. The third-order valence-electron chi connectivity index (χ3n) is 8.55. The molecule has 2 aromatic carbocycles. The van der Waals surface area contributed by atoms with Crippen molar-refractivity contribution in [2.24, 2.45) is 5.41 Å². The Balaban J connectivity index is 2.13. The summed E-state index contributed by atoms with van der Waals surface area (Å²) >= 11 is 0. The second-order valence-corrected chi connectivity index (χ2v) is 20.9. The zero-order valence-electron chi connectivity index (χ0n) is 26.8. The highest BCUT2D eigenvalue weighted by molar-refractivity contribution is 7.91. The first-order chi connectivity index (χ1) is 19.3. The minimum Gasteiger partial charge on any atom is -0.460 e. The Morgan fingerprint density at radius 3 is 2.19 bits per heavy atom. The maximum atomic E-state index is 13.6. The number of esters is 1. The van der Waals surface area contributed by atoms with Crippen LogP contribution < -0.4 is 0 Å². The molecule has 0 saturated heterocycles. The van der Waals surface area contributed by atoms with E-state index in [1.807, 2.05) is 57.2 Å². The van der Waals surface area contributed by atoms with E-state index in [-0.39, 0.29) is 29.8 Å². The van der Waals surface area contributed by atoms with Gasteiger partial charge >= 0.3 is 5.97 Å². The van der Waals surface area contributed by atoms with Crippen LogP contribution in [0.5, 0.6) is 0 Å². The Bertz CT molecular complexity index is 1250. The van der Waals surface area contributed by atoms with Crippen molar-refractivity contribution in [2.45, 2.75) is 97.1 Å². The van der Waals surface area contributed by atoms with E-state index in [0.717, 1.165) is 5.56 Å². The van der Waals surface area contributed by atoms with Gasteiger partial charge in [-0.15, -0.1) is 0 Å². The number of aliphatic hydroxyl groups is 2. The van der Waals surface area contributed by atoms with Gasteiger partial charge in [0, 0.05) is 6.61 Å². The van der Waals surface area contributed by atoms with Crippen molar-refractivity contribution >= 4 is 24.1 Å². The van der Waals surface area contributed by atoms with Crippen LogP contribution in [0.4, 0.5) is 0 Å². The molecule has 7 nitrogen and oxygen atoms in total. The number of hydrogen-bond acceptors (Lipinski definition) is 7. The van der Waals surface area contributed by atoms with E-state index in [9.17, 15) is 23.4 Å². The monoisotopic (exact) mass is 620 g/mol. The molecule has 2 atom stereocenters. The Hall–Kier alpha value is -2.04. The van der Waals surface area contributed by atoms with Crippen LogP contribution in [-0.4, -0.2) is 57.6 Å². The van der Waals surface area contributed by atoms with Crippen LogP contribution in [0.2, 0.25) is 18.1 Å². The summed E-state index contributed by atoms with van der Waals surface area (Å²) < 4.78 is 38.0. The van der Waals surface area contributed by atoms with Gasteiger partial charge in [0.25, 0.3) is 0 Å². The fraction of sp³-hybridized carbons (Fsp3) is 0.606. The van der Waals surface area contributed by atoms with Gasteiger partial charge in [-0.05, 0) is 60.0 Å². The van der Waals surface area contributed by atoms with Crippen molar-refractivity contribution in [1.82, 2.24) is 0 Å². The highest BCUT2D eigenvalue weighted by atomic mass is 32.2. The SMILES string of the molecule is CC(C)(CCC[C@@](C)(C(=O)OCc1ccccc1)c1cccc([C@@H](O)CO)c1)CS(=O)(=O)CCO[Si](C)(C)C(C)(C)C. The van der Waals surface area contributed by atoms with Gasteiger partial charge in [0.05, 0.1) is 23.5 Å². The lowest BCUT2D eigenvalue weighted by Gasteiger charge is -2.36. The van der Waals surface area contributed by atoms with E-state index in [4.69, 9.17) is 9.16 Å². The molecule has 236 valence electrons. The minimum atomic E-state index is -3.34. The maximum Gasteiger partial charge on any atom is 0.316 e. The average molecular weight is 621 g/mol. The molecule has 2 rings (SSSR count). The van der Waals surface area contributed by atoms with Gasteiger partial charge in [-0.1, -0.05) is 95.6 Å². The molecule has 0 aliphatic heterocycles. The topological polar surface area (TPSA) is 110 Å². The van der Waals surface area contributed by atoms with Gasteiger partial charge < -0.3 is 19.4 Å². The van der Waals surface area contributed by atoms with Crippen molar-refractivity contribution < 1.29 is 32.6 Å². The molecule has 0 fully saturated rings. The van der Waals surface area contributed by atoms with Gasteiger partial charge in [0.15, 0.2) is 18.2 Å². The summed E-state index contributed by atoms with van der Waals surface area (Å²) in [6, 6.07) is 16.5. The molecule has 9 heteroatoms. The third-order valence-corrected chi connectivity index (χ3v) is 15.1. The molecule has 0 bridgehead atoms. The van der Waals surface area contributed by atoms with Crippen LogP contribution in [0.15, 0.2) is 54.6 Å².